The van der Waals surface area contributed by atoms with Gasteiger partial charge in [0.15, 0.2) is 11.2 Å². The second kappa shape index (κ2) is 5.22. The van der Waals surface area contributed by atoms with Crippen molar-refractivity contribution in [2.75, 3.05) is 14.1 Å². The van der Waals surface area contributed by atoms with Crippen LogP contribution in [-0.2, 0) is 25.6 Å². The Bertz CT molecular complexity index is 740. The topological polar surface area (TPSA) is 74.3 Å². The standard InChI is InChI=1S/C12H19N5O3/c1-8(14(2)3)20-7-17-6-13-10-9(17)11(18)16(5)12(19)15(10)4/h6,8H,7H2,1-5H3. The third kappa shape index (κ3) is 2.27. The fourth-order valence-corrected chi connectivity index (χ4v) is 1.83. The minimum absolute atomic E-state index is 0.0937. The first-order chi connectivity index (χ1) is 9.34. The molecule has 0 saturated heterocycles. The minimum Gasteiger partial charge on any atom is -0.343 e. The first-order valence-corrected chi connectivity index (χ1v) is 6.23. The van der Waals surface area contributed by atoms with Crippen LogP contribution in [0.3, 0.4) is 0 Å². The van der Waals surface area contributed by atoms with E-state index >= 15 is 0 Å². The summed E-state index contributed by atoms with van der Waals surface area (Å²) in [6.07, 6.45) is 1.41. The Kier molecular flexibility index (Phi) is 3.78. The number of ether oxygens (including phenoxy) is 1. The molecule has 0 aliphatic rings. The average Bonchev–Trinajstić information content (AvgIpc) is 2.83. The van der Waals surface area contributed by atoms with Gasteiger partial charge >= 0.3 is 5.69 Å². The van der Waals surface area contributed by atoms with Crippen LogP contribution in [0, 0.1) is 0 Å². The summed E-state index contributed by atoms with van der Waals surface area (Å²) in [6.45, 7) is 2.11. The zero-order valence-corrected chi connectivity index (χ0v) is 12.3. The van der Waals surface area contributed by atoms with Crippen molar-refractivity contribution in [3.8, 4) is 0 Å². The molecule has 8 nitrogen and oxygen atoms in total. The van der Waals surface area contributed by atoms with Crippen LogP contribution < -0.4 is 11.2 Å². The molecule has 0 aromatic carbocycles. The van der Waals surface area contributed by atoms with Gasteiger partial charge in [0.1, 0.15) is 13.0 Å². The van der Waals surface area contributed by atoms with Crippen LogP contribution in [0.4, 0.5) is 0 Å². The molecule has 2 aromatic heterocycles. The van der Waals surface area contributed by atoms with Gasteiger partial charge in [-0.25, -0.2) is 9.78 Å². The Labute approximate surface area is 115 Å². The van der Waals surface area contributed by atoms with Crippen molar-refractivity contribution >= 4 is 11.2 Å². The van der Waals surface area contributed by atoms with Crippen LogP contribution >= 0.6 is 0 Å². The van der Waals surface area contributed by atoms with Crippen molar-refractivity contribution in [2.24, 2.45) is 14.1 Å². The number of imidazole rings is 1. The molecule has 0 saturated carbocycles. The number of aromatic nitrogens is 4. The van der Waals surface area contributed by atoms with Crippen LogP contribution in [0.1, 0.15) is 6.92 Å². The number of aryl methyl sites for hydroxylation is 1. The van der Waals surface area contributed by atoms with E-state index in [9.17, 15) is 9.59 Å². The van der Waals surface area contributed by atoms with Gasteiger partial charge in [-0.1, -0.05) is 0 Å². The number of fused-ring (bicyclic) bond motifs is 1. The first kappa shape index (κ1) is 14.5. The molecule has 2 aromatic rings. The molecule has 110 valence electrons. The Morgan fingerprint density at radius 3 is 2.55 bits per heavy atom. The molecule has 2 heterocycles. The summed E-state index contributed by atoms with van der Waals surface area (Å²) in [4.78, 5) is 30.0. The van der Waals surface area contributed by atoms with Gasteiger partial charge in [0.2, 0.25) is 0 Å². The molecule has 1 atom stereocenters. The minimum atomic E-state index is -0.393. The zero-order valence-electron chi connectivity index (χ0n) is 12.3. The van der Waals surface area contributed by atoms with Crippen LogP contribution in [-0.4, -0.2) is 43.9 Å². The molecule has 0 aliphatic carbocycles. The highest BCUT2D eigenvalue weighted by molar-refractivity contribution is 5.69. The zero-order chi connectivity index (χ0) is 15.0. The molecular weight excluding hydrogens is 262 g/mol. The largest absolute Gasteiger partial charge is 0.343 e. The Balaban J connectivity index is 2.47. The predicted molar refractivity (Wildman–Crippen MR) is 74.4 cm³/mol. The summed E-state index contributed by atoms with van der Waals surface area (Å²) in [5.41, 5.74) is -0.0446. The van der Waals surface area contributed by atoms with E-state index in [1.807, 2.05) is 25.9 Å². The summed E-state index contributed by atoms with van der Waals surface area (Å²) in [5.74, 6) is 0. The maximum Gasteiger partial charge on any atom is 0.332 e. The molecule has 0 aliphatic heterocycles. The highest BCUT2D eigenvalue weighted by Crippen LogP contribution is 2.06. The number of hydrogen-bond acceptors (Lipinski definition) is 5. The van der Waals surface area contributed by atoms with E-state index in [1.165, 1.54) is 17.9 Å². The Morgan fingerprint density at radius 2 is 1.95 bits per heavy atom. The highest BCUT2D eigenvalue weighted by Gasteiger charge is 2.15. The first-order valence-electron chi connectivity index (χ1n) is 6.23. The quantitative estimate of drug-likeness (QED) is 0.694. The fraction of sp³-hybridized carbons (Fsp3) is 0.583. The monoisotopic (exact) mass is 281 g/mol. The lowest BCUT2D eigenvalue weighted by molar-refractivity contribution is -0.0554. The van der Waals surface area contributed by atoms with Crippen molar-refractivity contribution in [3.05, 3.63) is 27.2 Å². The third-order valence-corrected chi connectivity index (χ3v) is 3.40. The van der Waals surface area contributed by atoms with Crippen LogP contribution in [0.25, 0.3) is 11.2 Å². The van der Waals surface area contributed by atoms with Crippen molar-refractivity contribution in [2.45, 2.75) is 19.9 Å². The normalized spacial score (nSPS) is 13.3. The molecule has 8 heteroatoms. The van der Waals surface area contributed by atoms with Crippen molar-refractivity contribution in [1.82, 2.24) is 23.6 Å². The van der Waals surface area contributed by atoms with Gasteiger partial charge in [-0.15, -0.1) is 0 Å². The summed E-state index contributed by atoms with van der Waals surface area (Å²) >= 11 is 0. The van der Waals surface area contributed by atoms with Gasteiger partial charge in [0.25, 0.3) is 5.56 Å². The molecular formula is C12H19N5O3. The molecule has 2 rings (SSSR count). The van der Waals surface area contributed by atoms with Gasteiger partial charge in [0, 0.05) is 14.1 Å². The van der Waals surface area contributed by atoms with Crippen molar-refractivity contribution in [1.29, 1.82) is 0 Å². The molecule has 0 spiro atoms. The SMILES string of the molecule is CC(OCn1cnc2c1c(=O)n(C)c(=O)n2C)N(C)C. The summed E-state index contributed by atoms with van der Waals surface area (Å²) in [7, 11) is 6.84. The second-order valence-electron chi connectivity index (χ2n) is 4.95. The Hall–Kier alpha value is -1.93. The van der Waals surface area contributed by atoms with E-state index in [0.717, 1.165) is 4.57 Å². The molecule has 0 fully saturated rings. The van der Waals surface area contributed by atoms with Crippen LogP contribution in [0.2, 0.25) is 0 Å². The smallest absolute Gasteiger partial charge is 0.332 e. The Morgan fingerprint density at radius 1 is 1.30 bits per heavy atom. The average molecular weight is 281 g/mol. The van der Waals surface area contributed by atoms with E-state index < -0.39 is 5.69 Å². The maximum atomic E-state index is 12.2. The van der Waals surface area contributed by atoms with Crippen LogP contribution in [0.5, 0.6) is 0 Å². The van der Waals surface area contributed by atoms with E-state index in [4.69, 9.17) is 4.74 Å². The van der Waals surface area contributed by atoms with Crippen molar-refractivity contribution in [3.63, 3.8) is 0 Å². The second-order valence-corrected chi connectivity index (χ2v) is 4.95. The lowest BCUT2D eigenvalue weighted by Gasteiger charge is -2.20. The predicted octanol–water partition coefficient (Wildman–Crippen LogP) is -0.685. The molecule has 0 N–H and O–H groups in total. The summed E-state index contributed by atoms with van der Waals surface area (Å²) in [5, 5.41) is 0. The summed E-state index contributed by atoms with van der Waals surface area (Å²) < 4.78 is 9.66. The molecule has 0 amide bonds. The van der Waals surface area contributed by atoms with Gasteiger partial charge in [-0.2, -0.15) is 0 Å². The van der Waals surface area contributed by atoms with Crippen LogP contribution in [0.15, 0.2) is 15.9 Å². The van der Waals surface area contributed by atoms with E-state index in [-0.39, 0.29) is 18.5 Å². The van der Waals surface area contributed by atoms with Gasteiger partial charge in [-0.3, -0.25) is 18.8 Å². The molecule has 0 bridgehead atoms. The van der Waals surface area contributed by atoms with E-state index in [0.29, 0.717) is 11.2 Å². The van der Waals surface area contributed by atoms with E-state index in [2.05, 4.69) is 4.98 Å². The molecule has 1 unspecified atom stereocenters. The third-order valence-electron chi connectivity index (χ3n) is 3.40. The molecule has 0 radical (unpaired) electrons. The number of rotatable bonds is 4. The van der Waals surface area contributed by atoms with Gasteiger partial charge in [-0.05, 0) is 21.0 Å². The van der Waals surface area contributed by atoms with Crippen molar-refractivity contribution < 1.29 is 4.74 Å². The van der Waals surface area contributed by atoms with E-state index in [1.54, 1.807) is 11.6 Å². The maximum absolute atomic E-state index is 12.2. The number of nitrogens with zero attached hydrogens (tertiary/aromatic N) is 5. The number of hydrogen-bond donors (Lipinski definition) is 0. The fourth-order valence-electron chi connectivity index (χ4n) is 1.83. The molecule has 20 heavy (non-hydrogen) atoms. The van der Waals surface area contributed by atoms with Gasteiger partial charge < -0.3 is 9.30 Å². The lowest BCUT2D eigenvalue weighted by Crippen LogP contribution is -2.37. The highest BCUT2D eigenvalue weighted by atomic mass is 16.5. The lowest BCUT2D eigenvalue weighted by atomic mass is 10.5. The van der Waals surface area contributed by atoms with Gasteiger partial charge in [0.05, 0.1) is 6.33 Å². The summed E-state index contributed by atoms with van der Waals surface area (Å²) in [6, 6.07) is 0.